The number of rotatable bonds is 3. The van der Waals surface area contributed by atoms with E-state index in [1.807, 2.05) is 22.8 Å². The maximum absolute atomic E-state index is 13.4. The van der Waals surface area contributed by atoms with Crippen LogP contribution in [0.4, 0.5) is 4.39 Å². The Balaban J connectivity index is 1.77. The van der Waals surface area contributed by atoms with E-state index in [0.717, 1.165) is 46.3 Å². The lowest BCUT2D eigenvalue weighted by atomic mass is 10.00. The predicted octanol–water partition coefficient (Wildman–Crippen LogP) is 4.15. The molecule has 4 nitrogen and oxygen atoms in total. The molecular formula is C21H17FN4. The summed E-state index contributed by atoms with van der Waals surface area (Å²) in [5, 5.41) is 4.81. The third kappa shape index (κ3) is 2.40. The van der Waals surface area contributed by atoms with Gasteiger partial charge in [-0.3, -0.25) is 4.98 Å². The summed E-state index contributed by atoms with van der Waals surface area (Å²) < 4.78 is 15.3. The Morgan fingerprint density at radius 1 is 0.923 bits per heavy atom. The molecule has 26 heavy (non-hydrogen) atoms. The quantitative estimate of drug-likeness (QED) is 0.607. The van der Waals surface area contributed by atoms with Crippen LogP contribution < -0.4 is 5.73 Å². The van der Waals surface area contributed by atoms with Crippen LogP contribution >= 0.6 is 0 Å². The van der Waals surface area contributed by atoms with Gasteiger partial charge in [-0.15, -0.1) is 0 Å². The molecule has 128 valence electrons. The van der Waals surface area contributed by atoms with Gasteiger partial charge < -0.3 is 5.73 Å². The molecule has 1 aliphatic rings. The SMILES string of the molecule is NC1(c2ccc3c(-c4ccncc4)c(-c4ccc(F)cc4)nn3c2)CC1. The molecule has 2 N–H and O–H groups in total. The molecule has 1 aromatic carbocycles. The lowest BCUT2D eigenvalue weighted by Gasteiger charge is -2.09. The summed E-state index contributed by atoms with van der Waals surface area (Å²) in [7, 11) is 0. The van der Waals surface area contributed by atoms with Crippen molar-refractivity contribution in [3.63, 3.8) is 0 Å². The standard InChI is InChI=1S/C21H17FN4/c22-17-4-1-15(2-5-17)20-19(14-7-11-24-12-8-14)18-6-3-16(13-26(18)25-20)21(23)9-10-21/h1-8,11-13H,9-10,23H2. The molecule has 1 aliphatic carbocycles. The van der Waals surface area contributed by atoms with Crippen molar-refractivity contribution in [3.05, 3.63) is 78.5 Å². The second-order valence-electron chi connectivity index (χ2n) is 6.87. The molecule has 0 saturated heterocycles. The normalized spacial score (nSPS) is 15.3. The molecule has 5 heteroatoms. The van der Waals surface area contributed by atoms with Crippen LogP contribution in [-0.2, 0) is 5.54 Å². The zero-order valence-electron chi connectivity index (χ0n) is 14.1. The number of nitrogens with zero attached hydrogens (tertiary/aromatic N) is 3. The first-order chi connectivity index (χ1) is 12.6. The number of aromatic nitrogens is 3. The van der Waals surface area contributed by atoms with Gasteiger partial charge in [0.2, 0.25) is 0 Å². The van der Waals surface area contributed by atoms with Crippen LogP contribution in [0, 0.1) is 5.82 Å². The number of benzene rings is 1. The molecule has 0 aliphatic heterocycles. The summed E-state index contributed by atoms with van der Waals surface area (Å²) in [5.74, 6) is -0.260. The first kappa shape index (κ1) is 15.2. The summed E-state index contributed by atoms with van der Waals surface area (Å²) in [6.07, 6.45) is 7.55. The fourth-order valence-electron chi connectivity index (χ4n) is 3.38. The van der Waals surface area contributed by atoms with Crippen LogP contribution in [0.25, 0.3) is 27.9 Å². The van der Waals surface area contributed by atoms with Crippen molar-refractivity contribution in [2.45, 2.75) is 18.4 Å². The number of hydrogen-bond donors (Lipinski definition) is 1. The average Bonchev–Trinajstić information content (AvgIpc) is 3.31. The molecule has 0 spiro atoms. The summed E-state index contributed by atoms with van der Waals surface area (Å²) >= 11 is 0. The van der Waals surface area contributed by atoms with Crippen LogP contribution in [-0.4, -0.2) is 14.6 Å². The fraction of sp³-hybridized carbons (Fsp3) is 0.143. The van der Waals surface area contributed by atoms with Crippen molar-refractivity contribution in [1.29, 1.82) is 0 Å². The van der Waals surface area contributed by atoms with Gasteiger partial charge in [-0.2, -0.15) is 5.10 Å². The smallest absolute Gasteiger partial charge is 0.123 e. The summed E-state index contributed by atoms with van der Waals surface area (Å²) in [6.45, 7) is 0. The molecule has 4 aromatic rings. The Morgan fingerprint density at radius 3 is 2.35 bits per heavy atom. The molecule has 1 saturated carbocycles. The Morgan fingerprint density at radius 2 is 1.65 bits per heavy atom. The van der Waals surface area contributed by atoms with Crippen molar-refractivity contribution in [2.24, 2.45) is 5.73 Å². The average molecular weight is 344 g/mol. The highest BCUT2D eigenvalue weighted by Gasteiger charge is 2.40. The monoisotopic (exact) mass is 344 g/mol. The van der Waals surface area contributed by atoms with Gasteiger partial charge in [0.1, 0.15) is 11.5 Å². The zero-order valence-corrected chi connectivity index (χ0v) is 14.1. The predicted molar refractivity (Wildman–Crippen MR) is 98.9 cm³/mol. The number of pyridine rings is 2. The Bertz CT molecular complexity index is 1100. The van der Waals surface area contributed by atoms with Gasteiger partial charge in [0.05, 0.1) is 5.52 Å². The van der Waals surface area contributed by atoms with Crippen molar-refractivity contribution >= 4 is 5.52 Å². The van der Waals surface area contributed by atoms with E-state index < -0.39 is 0 Å². The maximum Gasteiger partial charge on any atom is 0.123 e. The minimum absolute atomic E-state index is 0.215. The number of fused-ring (bicyclic) bond motifs is 1. The highest BCUT2D eigenvalue weighted by molar-refractivity contribution is 5.92. The largest absolute Gasteiger partial charge is 0.321 e. The number of hydrogen-bond acceptors (Lipinski definition) is 3. The van der Waals surface area contributed by atoms with Gasteiger partial charge in [-0.05, 0) is 66.4 Å². The fourth-order valence-corrected chi connectivity index (χ4v) is 3.38. The molecule has 0 unspecified atom stereocenters. The van der Waals surface area contributed by atoms with E-state index >= 15 is 0 Å². The first-order valence-electron chi connectivity index (χ1n) is 8.62. The molecule has 0 amide bonds. The molecule has 5 rings (SSSR count). The van der Waals surface area contributed by atoms with Crippen LogP contribution in [0.2, 0.25) is 0 Å². The molecule has 3 aromatic heterocycles. The molecule has 0 radical (unpaired) electrons. The zero-order chi connectivity index (χ0) is 17.7. The second-order valence-corrected chi connectivity index (χ2v) is 6.87. The highest BCUT2D eigenvalue weighted by atomic mass is 19.1. The lowest BCUT2D eigenvalue weighted by Crippen LogP contribution is -2.19. The van der Waals surface area contributed by atoms with Gasteiger partial charge in [0, 0.05) is 35.3 Å². The van der Waals surface area contributed by atoms with Crippen molar-refractivity contribution in [1.82, 2.24) is 14.6 Å². The Labute approximate surface area is 150 Å². The van der Waals surface area contributed by atoms with Gasteiger partial charge in [0.15, 0.2) is 0 Å². The molecule has 0 atom stereocenters. The van der Waals surface area contributed by atoms with E-state index in [2.05, 4.69) is 17.1 Å². The van der Waals surface area contributed by atoms with E-state index in [9.17, 15) is 4.39 Å². The minimum Gasteiger partial charge on any atom is -0.321 e. The summed E-state index contributed by atoms with van der Waals surface area (Å²) in [6, 6.07) is 14.5. The summed E-state index contributed by atoms with van der Waals surface area (Å²) in [4.78, 5) is 4.11. The summed E-state index contributed by atoms with van der Waals surface area (Å²) in [5.41, 5.74) is 11.9. The second kappa shape index (κ2) is 5.47. The van der Waals surface area contributed by atoms with E-state index in [4.69, 9.17) is 10.8 Å². The maximum atomic E-state index is 13.4. The van der Waals surface area contributed by atoms with E-state index in [-0.39, 0.29) is 11.4 Å². The van der Waals surface area contributed by atoms with E-state index in [1.54, 1.807) is 24.5 Å². The van der Waals surface area contributed by atoms with Crippen molar-refractivity contribution < 1.29 is 4.39 Å². The Hall–Kier alpha value is -3.05. The molecule has 3 heterocycles. The van der Waals surface area contributed by atoms with Crippen LogP contribution in [0.3, 0.4) is 0 Å². The minimum atomic E-state index is -0.260. The van der Waals surface area contributed by atoms with Crippen molar-refractivity contribution in [2.75, 3.05) is 0 Å². The molecule has 1 fully saturated rings. The third-order valence-corrected chi connectivity index (χ3v) is 5.08. The Kier molecular flexibility index (Phi) is 3.21. The van der Waals surface area contributed by atoms with E-state index in [0.29, 0.717) is 0 Å². The third-order valence-electron chi connectivity index (χ3n) is 5.08. The van der Waals surface area contributed by atoms with Crippen LogP contribution in [0.15, 0.2) is 67.1 Å². The number of nitrogens with two attached hydrogens (primary N) is 1. The van der Waals surface area contributed by atoms with Gasteiger partial charge >= 0.3 is 0 Å². The molecule has 0 bridgehead atoms. The first-order valence-corrected chi connectivity index (χ1v) is 8.62. The van der Waals surface area contributed by atoms with Crippen molar-refractivity contribution in [3.8, 4) is 22.4 Å². The topological polar surface area (TPSA) is 56.2 Å². The van der Waals surface area contributed by atoms with Gasteiger partial charge in [-0.1, -0.05) is 6.07 Å². The van der Waals surface area contributed by atoms with Gasteiger partial charge in [-0.25, -0.2) is 8.91 Å². The van der Waals surface area contributed by atoms with Crippen LogP contribution in [0.1, 0.15) is 18.4 Å². The lowest BCUT2D eigenvalue weighted by molar-refractivity contribution is 0.628. The van der Waals surface area contributed by atoms with Gasteiger partial charge in [0.25, 0.3) is 0 Å². The van der Waals surface area contributed by atoms with E-state index in [1.165, 1.54) is 12.1 Å². The van der Waals surface area contributed by atoms with Crippen LogP contribution in [0.5, 0.6) is 0 Å². The molecular weight excluding hydrogens is 327 g/mol. The number of halogens is 1. The highest BCUT2D eigenvalue weighted by Crippen LogP contribution is 2.43.